The number of nitrogens with one attached hydrogen (secondary N) is 1. The molecule has 1 aliphatic carbocycles. The van der Waals surface area contributed by atoms with Gasteiger partial charge in [-0.15, -0.1) is 0 Å². The molecule has 4 nitrogen and oxygen atoms in total. The number of pyridine rings is 1. The summed E-state index contributed by atoms with van der Waals surface area (Å²) in [5.74, 6) is 0.305. The van der Waals surface area contributed by atoms with Crippen LogP contribution in [0.25, 0.3) is 0 Å². The summed E-state index contributed by atoms with van der Waals surface area (Å²) >= 11 is 0. The predicted octanol–water partition coefficient (Wildman–Crippen LogP) is 2.70. The minimum Gasteiger partial charge on any atom is -0.346 e. The minimum absolute atomic E-state index is 0.00872. The van der Waals surface area contributed by atoms with Crippen LogP contribution in [0.3, 0.4) is 0 Å². The third kappa shape index (κ3) is 3.69. The first-order valence-corrected chi connectivity index (χ1v) is 7.57. The van der Waals surface area contributed by atoms with Crippen LogP contribution < -0.4 is 5.32 Å². The number of rotatable bonds is 5. The third-order valence-corrected chi connectivity index (χ3v) is 4.06. The number of hydrogen-bond donors (Lipinski definition) is 1. The summed E-state index contributed by atoms with van der Waals surface area (Å²) in [7, 11) is 0. The van der Waals surface area contributed by atoms with Crippen molar-refractivity contribution in [3.05, 3.63) is 30.1 Å². The van der Waals surface area contributed by atoms with E-state index in [0.717, 1.165) is 12.0 Å². The standard InChI is InChI=1S/C17H24N2O2/c1-5-14(20)15(17(2,3)4)19-16(21)13-9-12(13)11-7-6-8-18-10-11/h6-8,10,12-13,15H,5,9H2,1-4H3,(H,19,21)/t12?,13-,15?/m0/s1. The van der Waals surface area contributed by atoms with Crippen LogP contribution >= 0.6 is 0 Å². The zero-order chi connectivity index (χ0) is 15.6. The van der Waals surface area contributed by atoms with Gasteiger partial charge in [0, 0.05) is 24.7 Å². The van der Waals surface area contributed by atoms with Crippen molar-refractivity contribution in [2.45, 2.75) is 52.5 Å². The van der Waals surface area contributed by atoms with Crippen LogP contribution in [0.4, 0.5) is 0 Å². The lowest BCUT2D eigenvalue weighted by Crippen LogP contribution is -2.49. The summed E-state index contributed by atoms with van der Waals surface area (Å²) in [6, 6.07) is 3.48. The first-order chi connectivity index (χ1) is 9.84. The normalized spacial score (nSPS) is 22.5. The van der Waals surface area contributed by atoms with Crippen LogP contribution in [0.2, 0.25) is 0 Å². The van der Waals surface area contributed by atoms with Crippen LogP contribution in [0.1, 0.15) is 52.0 Å². The highest BCUT2D eigenvalue weighted by Crippen LogP contribution is 2.47. The van der Waals surface area contributed by atoms with Gasteiger partial charge in [-0.3, -0.25) is 14.6 Å². The Morgan fingerprint density at radius 1 is 1.43 bits per heavy atom. The van der Waals surface area contributed by atoms with E-state index in [2.05, 4.69) is 10.3 Å². The van der Waals surface area contributed by atoms with Crippen molar-refractivity contribution >= 4 is 11.7 Å². The molecule has 1 N–H and O–H groups in total. The first kappa shape index (κ1) is 15.7. The number of nitrogens with zero attached hydrogens (tertiary/aromatic N) is 1. The SMILES string of the molecule is CCC(=O)C(NC(=O)[C@H]1CC1c1cccnc1)C(C)(C)C. The van der Waals surface area contributed by atoms with Crippen molar-refractivity contribution in [1.29, 1.82) is 0 Å². The lowest BCUT2D eigenvalue weighted by molar-refractivity contribution is -0.130. The molecule has 4 heteroatoms. The van der Waals surface area contributed by atoms with Gasteiger partial charge in [0.25, 0.3) is 0 Å². The largest absolute Gasteiger partial charge is 0.346 e. The number of amides is 1. The number of carbonyl (C=O) groups excluding carboxylic acids is 2. The average molecular weight is 288 g/mol. The molecule has 2 rings (SSSR count). The van der Waals surface area contributed by atoms with Crippen molar-refractivity contribution in [3.8, 4) is 0 Å². The Kier molecular flexibility index (Phi) is 4.45. The molecule has 1 heterocycles. The van der Waals surface area contributed by atoms with E-state index in [-0.39, 0.29) is 28.9 Å². The summed E-state index contributed by atoms with van der Waals surface area (Å²) in [4.78, 5) is 28.5. The van der Waals surface area contributed by atoms with Gasteiger partial charge in [0.1, 0.15) is 0 Å². The van der Waals surface area contributed by atoms with E-state index < -0.39 is 6.04 Å². The molecule has 114 valence electrons. The molecule has 0 radical (unpaired) electrons. The summed E-state index contributed by atoms with van der Waals surface area (Å²) in [5.41, 5.74) is 0.841. The maximum Gasteiger partial charge on any atom is 0.224 e. The Hall–Kier alpha value is -1.71. The molecule has 1 fully saturated rings. The molecule has 1 saturated carbocycles. The summed E-state index contributed by atoms with van der Waals surface area (Å²) in [6.07, 6.45) is 4.83. The zero-order valence-corrected chi connectivity index (χ0v) is 13.2. The fourth-order valence-electron chi connectivity index (χ4n) is 2.68. The van der Waals surface area contributed by atoms with Crippen LogP contribution in [-0.4, -0.2) is 22.7 Å². The van der Waals surface area contributed by atoms with Gasteiger partial charge in [0.05, 0.1) is 6.04 Å². The van der Waals surface area contributed by atoms with Crippen LogP contribution in [0, 0.1) is 11.3 Å². The van der Waals surface area contributed by atoms with Crippen LogP contribution in [-0.2, 0) is 9.59 Å². The fourth-order valence-corrected chi connectivity index (χ4v) is 2.68. The Labute approximate surface area is 126 Å². The molecule has 1 amide bonds. The van der Waals surface area contributed by atoms with E-state index in [1.807, 2.05) is 46.0 Å². The van der Waals surface area contributed by atoms with Gasteiger partial charge in [0.15, 0.2) is 5.78 Å². The number of aromatic nitrogens is 1. The van der Waals surface area contributed by atoms with Crippen molar-refractivity contribution in [2.75, 3.05) is 0 Å². The summed E-state index contributed by atoms with van der Waals surface area (Å²) in [6.45, 7) is 7.79. The van der Waals surface area contributed by atoms with Crippen LogP contribution in [0.5, 0.6) is 0 Å². The van der Waals surface area contributed by atoms with Crippen molar-refractivity contribution in [1.82, 2.24) is 10.3 Å². The summed E-state index contributed by atoms with van der Waals surface area (Å²) < 4.78 is 0. The highest BCUT2D eigenvalue weighted by Gasteiger charge is 2.45. The Balaban J connectivity index is 2.00. The molecule has 0 saturated heterocycles. The maximum atomic E-state index is 12.4. The molecule has 0 spiro atoms. The van der Waals surface area contributed by atoms with Gasteiger partial charge in [-0.25, -0.2) is 0 Å². The van der Waals surface area contributed by atoms with E-state index >= 15 is 0 Å². The second kappa shape index (κ2) is 5.96. The van der Waals surface area contributed by atoms with Crippen molar-refractivity contribution < 1.29 is 9.59 Å². The molecule has 1 aliphatic rings. The molecular weight excluding hydrogens is 264 g/mol. The average Bonchev–Trinajstić information content (AvgIpc) is 3.24. The maximum absolute atomic E-state index is 12.4. The van der Waals surface area contributed by atoms with E-state index in [1.54, 1.807) is 6.20 Å². The number of Topliss-reactive ketones (excluding diaryl/α,β-unsaturated/α-hetero) is 1. The number of ketones is 1. The molecule has 21 heavy (non-hydrogen) atoms. The Bertz CT molecular complexity index is 519. The highest BCUT2D eigenvalue weighted by atomic mass is 16.2. The summed E-state index contributed by atoms with van der Waals surface area (Å²) in [5, 5.41) is 2.96. The van der Waals surface area contributed by atoms with Gasteiger partial charge in [-0.1, -0.05) is 33.8 Å². The molecule has 0 bridgehead atoms. The van der Waals surface area contributed by atoms with Gasteiger partial charge in [-0.05, 0) is 29.4 Å². The molecule has 3 atom stereocenters. The second-order valence-corrected chi connectivity index (χ2v) is 6.86. The number of carbonyl (C=O) groups is 2. The van der Waals surface area contributed by atoms with Gasteiger partial charge >= 0.3 is 0 Å². The minimum atomic E-state index is -0.412. The van der Waals surface area contributed by atoms with Crippen LogP contribution in [0.15, 0.2) is 24.5 Å². The molecule has 2 unspecified atom stereocenters. The number of hydrogen-bond acceptors (Lipinski definition) is 3. The first-order valence-electron chi connectivity index (χ1n) is 7.57. The van der Waals surface area contributed by atoms with Gasteiger partial charge in [-0.2, -0.15) is 0 Å². The zero-order valence-electron chi connectivity index (χ0n) is 13.2. The van der Waals surface area contributed by atoms with Gasteiger partial charge in [0.2, 0.25) is 5.91 Å². The topological polar surface area (TPSA) is 59.1 Å². The van der Waals surface area contributed by atoms with E-state index in [0.29, 0.717) is 6.42 Å². The van der Waals surface area contributed by atoms with Gasteiger partial charge < -0.3 is 5.32 Å². The molecular formula is C17H24N2O2. The second-order valence-electron chi connectivity index (χ2n) is 6.86. The molecule has 1 aromatic heterocycles. The predicted molar refractivity (Wildman–Crippen MR) is 81.8 cm³/mol. The Morgan fingerprint density at radius 3 is 2.67 bits per heavy atom. The lowest BCUT2D eigenvalue weighted by atomic mass is 9.83. The van der Waals surface area contributed by atoms with Crippen molar-refractivity contribution in [3.63, 3.8) is 0 Å². The molecule has 0 aliphatic heterocycles. The molecule has 0 aromatic carbocycles. The highest BCUT2D eigenvalue weighted by molar-refractivity contribution is 5.91. The third-order valence-electron chi connectivity index (χ3n) is 4.06. The quantitative estimate of drug-likeness (QED) is 0.906. The van der Waals surface area contributed by atoms with E-state index in [9.17, 15) is 9.59 Å². The van der Waals surface area contributed by atoms with Crippen molar-refractivity contribution in [2.24, 2.45) is 11.3 Å². The monoisotopic (exact) mass is 288 g/mol. The fraction of sp³-hybridized carbons (Fsp3) is 0.588. The smallest absolute Gasteiger partial charge is 0.224 e. The van der Waals surface area contributed by atoms with E-state index in [4.69, 9.17) is 0 Å². The molecule has 1 aromatic rings. The van der Waals surface area contributed by atoms with E-state index in [1.165, 1.54) is 0 Å². The Morgan fingerprint density at radius 2 is 2.14 bits per heavy atom. The lowest BCUT2D eigenvalue weighted by Gasteiger charge is -2.30.